The van der Waals surface area contributed by atoms with Crippen molar-refractivity contribution in [2.75, 3.05) is 21.3 Å². The van der Waals surface area contributed by atoms with Crippen molar-refractivity contribution in [2.45, 2.75) is 12.1 Å². The van der Waals surface area contributed by atoms with Gasteiger partial charge in [0.2, 0.25) is 0 Å². The number of non-ortho nitro benzene ring substituents is 1. The lowest BCUT2D eigenvalue weighted by molar-refractivity contribution is -0.384. The molecular weight excluding hydrogens is 377 g/mol. The predicted molar refractivity (Wildman–Crippen MR) is 96.1 cm³/mol. The van der Waals surface area contributed by atoms with Gasteiger partial charge in [0.1, 0.15) is 5.82 Å². The maximum Gasteiger partial charge on any atom is 0.329 e. The number of carbonyl (C=O) groups excluding carboxylic acids is 1. The van der Waals surface area contributed by atoms with E-state index in [2.05, 4.69) is 0 Å². The van der Waals surface area contributed by atoms with E-state index in [4.69, 9.17) is 0 Å². The Labute approximate surface area is 153 Å². The smallest absolute Gasteiger partial charge is 0.288 e. The Kier molecular flexibility index (Phi) is 3.88. The minimum Gasteiger partial charge on any atom is -0.288 e. The van der Waals surface area contributed by atoms with Crippen LogP contribution in [0.15, 0.2) is 48.5 Å². The molecule has 2 atom stereocenters. The summed E-state index contributed by atoms with van der Waals surface area (Å²) in [5.41, 5.74) is 0.650. The quantitative estimate of drug-likeness (QED) is 0.454. The van der Waals surface area contributed by atoms with Crippen molar-refractivity contribution in [3.63, 3.8) is 0 Å². The van der Waals surface area contributed by atoms with Crippen LogP contribution in [0.25, 0.3) is 0 Å². The van der Waals surface area contributed by atoms with Crippen LogP contribution in [0.2, 0.25) is 0 Å². The van der Waals surface area contributed by atoms with Crippen molar-refractivity contribution in [2.24, 2.45) is 0 Å². The van der Waals surface area contributed by atoms with Crippen LogP contribution in [0.5, 0.6) is 0 Å². The van der Waals surface area contributed by atoms with Crippen LogP contribution in [0, 0.1) is 15.9 Å². The predicted octanol–water partition coefficient (Wildman–Crippen LogP) is 2.35. The molecule has 0 N–H and O–H groups in total. The highest BCUT2D eigenvalue weighted by molar-refractivity contribution is 7.91. The first-order valence-electron chi connectivity index (χ1n) is 8.10. The average Bonchev–Trinajstić information content (AvgIpc) is 3.05. The summed E-state index contributed by atoms with van der Waals surface area (Å²) in [6.45, 7) is 0. The second-order valence-electron chi connectivity index (χ2n) is 6.48. The summed E-state index contributed by atoms with van der Waals surface area (Å²) >= 11 is 0. The van der Waals surface area contributed by atoms with Crippen LogP contribution in [-0.4, -0.2) is 43.0 Å². The first kappa shape index (κ1) is 17.4. The molecule has 0 spiro atoms. The van der Waals surface area contributed by atoms with E-state index >= 15 is 0 Å². The van der Waals surface area contributed by atoms with Gasteiger partial charge >= 0.3 is 6.03 Å². The average molecular weight is 391 g/mol. The van der Waals surface area contributed by atoms with E-state index < -0.39 is 38.7 Å². The van der Waals surface area contributed by atoms with Crippen molar-refractivity contribution >= 4 is 32.9 Å². The third-order valence-corrected chi connectivity index (χ3v) is 6.51. The number of hydrogen-bond acceptors (Lipinski definition) is 5. The number of carbonyl (C=O) groups is 1. The molecule has 0 aliphatic carbocycles. The first-order chi connectivity index (χ1) is 12.8. The van der Waals surface area contributed by atoms with E-state index in [0.717, 1.165) is 0 Å². The number of nitro benzene ring substituents is 1. The molecule has 2 fully saturated rings. The Morgan fingerprint density at radius 2 is 1.37 bits per heavy atom. The lowest BCUT2D eigenvalue weighted by Gasteiger charge is -2.22. The molecule has 27 heavy (non-hydrogen) atoms. The SMILES string of the molecule is O=C1N(c2ccc(F)cc2)[C@@H]2CS(=O)(=O)C[C@@H]2N1c1ccc([N+](=O)[O-])cc1. The van der Waals surface area contributed by atoms with Gasteiger partial charge in [0, 0.05) is 23.5 Å². The minimum absolute atomic E-state index is 0.128. The van der Waals surface area contributed by atoms with Crippen LogP contribution in [0.4, 0.5) is 26.2 Å². The van der Waals surface area contributed by atoms with Gasteiger partial charge in [0.25, 0.3) is 5.69 Å². The Morgan fingerprint density at radius 1 is 0.926 bits per heavy atom. The number of halogens is 1. The highest BCUT2D eigenvalue weighted by Gasteiger charge is 2.54. The summed E-state index contributed by atoms with van der Waals surface area (Å²) in [6, 6.07) is 8.97. The maximum atomic E-state index is 13.2. The van der Waals surface area contributed by atoms with Crippen LogP contribution in [0.3, 0.4) is 0 Å². The molecule has 2 aliphatic rings. The lowest BCUT2D eigenvalue weighted by atomic mass is 10.1. The van der Waals surface area contributed by atoms with E-state index in [1.54, 1.807) is 0 Å². The summed E-state index contributed by atoms with van der Waals surface area (Å²) in [6.07, 6.45) is 0. The van der Waals surface area contributed by atoms with Crippen LogP contribution < -0.4 is 9.80 Å². The van der Waals surface area contributed by atoms with Crippen molar-refractivity contribution < 1.29 is 22.5 Å². The highest BCUT2D eigenvalue weighted by Crippen LogP contribution is 2.38. The zero-order valence-electron chi connectivity index (χ0n) is 13.9. The summed E-state index contributed by atoms with van der Waals surface area (Å²) in [5.74, 6) is -0.851. The first-order valence-corrected chi connectivity index (χ1v) is 9.92. The molecule has 2 aromatic rings. The molecule has 4 rings (SSSR count). The van der Waals surface area contributed by atoms with E-state index in [1.165, 1.54) is 58.3 Å². The fourth-order valence-corrected chi connectivity index (χ4v) is 5.56. The minimum atomic E-state index is -3.36. The van der Waals surface area contributed by atoms with Gasteiger partial charge < -0.3 is 0 Å². The number of fused-ring (bicyclic) bond motifs is 1. The molecule has 2 saturated heterocycles. The number of benzene rings is 2. The van der Waals surface area contributed by atoms with Crippen molar-refractivity contribution in [3.8, 4) is 0 Å². The van der Waals surface area contributed by atoms with Gasteiger partial charge in [-0.25, -0.2) is 17.6 Å². The van der Waals surface area contributed by atoms with Crippen LogP contribution in [0.1, 0.15) is 0 Å². The molecule has 8 nitrogen and oxygen atoms in total. The van der Waals surface area contributed by atoms with E-state index in [0.29, 0.717) is 11.4 Å². The second-order valence-corrected chi connectivity index (χ2v) is 8.64. The number of urea groups is 1. The molecular formula is C17H14FN3O5S. The molecule has 0 unspecified atom stereocenters. The number of rotatable bonds is 3. The van der Waals surface area contributed by atoms with Crippen molar-refractivity contribution in [3.05, 3.63) is 64.5 Å². The Bertz CT molecular complexity index is 1020. The second kappa shape index (κ2) is 6.02. The summed E-state index contributed by atoms with van der Waals surface area (Å²) in [4.78, 5) is 26.1. The number of amides is 2. The van der Waals surface area contributed by atoms with Gasteiger partial charge in [0.05, 0.1) is 28.5 Å². The third-order valence-electron chi connectivity index (χ3n) is 4.81. The zero-order valence-corrected chi connectivity index (χ0v) is 14.7. The number of hydrogen-bond donors (Lipinski definition) is 0. The van der Waals surface area contributed by atoms with Gasteiger partial charge in [-0.3, -0.25) is 19.9 Å². The molecule has 140 valence electrons. The fraction of sp³-hybridized carbons (Fsp3) is 0.235. The van der Waals surface area contributed by atoms with Crippen LogP contribution in [-0.2, 0) is 9.84 Å². The van der Waals surface area contributed by atoms with Gasteiger partial charge in [-0.05, 0) is 36.4 Å². The van der Waals surface area contributed by atoms with Gasteiger partial charge in [-0.2, -0.15) is 0 Å². The molecule has 10 heteroatoms. The number of nitrogens with zero attached hydrogens (tertiary/aromatic N) is 3. The molecule has 2 heterocycles. The Hall–Kier alpha value is -3.01. The van der Waals surface area contributed by atoms with Crippen LogP contribution >= 0.6 is 0 Å². The summed E-state index contributed by atoms with van der Waals surface area (Å²) < 4.78 is 37.6. The maximum absolute atomic E-state index is 13.2. The summed E-state index contributed by atoms with van der Waals surface area (Å²) in [7, 11) is -3.36. The normalized spacial score (nSPS) is 23.5. The highest BCUT2D eigenvalue weighted by atomic mass is 32.2. The molecule has 0 aromatic heterocycles. The molecule has 0 bridgehead atoms. The van der Waals surface area contributed by atoms with Gasteiger partial charge in [-0.15, -0.1) is 0 Å². The van der Waals surface area contributed by atoms with E-state index in [9.17, 15) is 27.7 Å². The molecule has 0 saturated carbocycles. The van der Waals surface area contributed by atoms with E-state index in [1.807, 2.05) is 0 Å². The van der Waals surface area contributed by atoms with E-state index in [-0.39, 0.29) is 17.2 Å². The number of anilines is 2. The lowest BCUT2D eigenvalue weighted by Crippen LogP contribution is -2.37. The molecule has 0 radical (unpaired) electrons. The van der Waals surface area contributed by atoms with Gasteiger partial charge in [-0.1, -0.05) is 0 Å². The van der Waals surface area contributed by atoms with Crippen molar-refractivity contribution in [1.29, 1.82) is 0 Å². The summed E-state index contributed by atoms with van der Waals surface area (Å²) in [5, 5.41) is 10.8. The molecule has 2 amide bonds. The largest absolute Gasteiger partial charge is 0.329 e. The third kappa shape index (κ3) is 2.91. The number of sulfone groups is 1. The zero-order chi connectivity index (χ0) is 19.3. The standard InChI is InChI=1S/C17H14FN3O5S/c18-11-1-3-12(4-2-11)19-15-9-27(25,26)10-16(15)20(17(19)22)13-5-7-14(8-6-13)21(23)24/h1-8,15-16H,9-10H2/t15-,16+/m1/s1. The van der Waals surface area contributed by atoms with Gasteiger partial charge in [0.15, 0.2) is 9.84 Å². The molecule has 2 aromatic carbocycles. The fourth-order valence-electron chi connectivity index (χ4n) is 3.64. The number of nitro groups is 1. The van der Waals surface area contributed by atoms with Crippen molar-refractivity contribution in [1.82, 2.24) is 0 Å². The topological polar surface area (TPSA) is 101 Å². The monoisotopic (exact) mass is 391 g/mol. The Balaban J connectivity index is 1.76. The Morgan fingerprint density at radius 3 is 1.81 bits per heavy atom. The molecule has 2 aliphatic heterocycles.